The molecule has 0 spiro atoms. The van der Waals surface area contributed by atoms with E-state index in [-0.39, 0.29) is 5.57 Å². The first-order chi connectivity index (χ1) is 7.89. The van der Waals surface area contributed by atoms with Crippen LogP contribution in [0, 0.1) is 11.3 Å². The van der Waals surface area contributed by atoms with Gasteiger partial charge in [0, 0.05) is 11.5 Å². The van der Waals surface area contributed by atoms with Crippen molar-refractivity contribution >= 4 is 11.9 Å². The molecule has 1 aliphatic carbocycles. The molecule has 0 saturated heterocycles. The van der Waals surface area contributed by atoms with E-state index in [1.54, 1.807) is 19.1 Å². The fraction of sp³-hybridized carbons (Fsp3) is 0.538. The number of hydrogen-bond acceptors (Lipinski definition) is 2. The summed E-state index contributed by atoms with van der Waals surface area (Å²) >= 11 is 0. The standard InChI is InChI=1S/C13H18O4/c1-4-8-6-7-9(11(14)15)10(5-2)13(8,3)12(16)17/h6-7,10H,4-5H2,1-3H3,(H,14,15)(H,16,17). The third-order valence-electron chi connectivity index (χ3n) is 3.68. The predicted octanol–water partition coefficient (Wildman–Crippen LogP) is 2.46. The quantitative estimate of drug-likeness (QED) is 0.789. The summed E-state index contributed by atoms with van der Waals surface area (Å²) in [5.41, 5.74) is -0.136. The number of rotatable bonds is 4. The molecule has 1 aliphatic rings. The van der Waals surface area contributed by atoms with Crippen molar-refractivity contribution in [3.63, 3.8) is 0 Å². The van der Waals surface area contributed by atoms with Crippen molar-refractivity contribution in [3.05, 3.63) is 23.3 Å². The third-order valence-corrected chi connectivity index (χ3v) is 3.68. The van der Waals surface area contributed by atoms with Gasteiger partial charge in [0.1, 0.15) is 0 Å². The number of carbonyl (C=O) groups is 2. The van der Waals surface area contributed by atoms with Gasteiger partial charge in [0.25, 0.3) is 0 Å². The lowest BCUT2D eigenvalue weighted by molar-refractivity contribution is -0.148. The highest BCUT2D eigenvalue weighted by Crippen LogP contribution is 2.45. The van der Waals surface area contributed by atoms with Crippen molar-refractivity contribution in [1.82, 2.24) is 0 Å². The molecule has 0 fully saturated rings. The number of hydrogen-bond donors (Lipinski definition) is 2. The highest BCUT2D eigenvalue weighted by Gasteiger charge is 2.47. The Hall–Kier alpha value is -1.58. The minimum Gasteiger partial charge on any atom is -0.481 e. The van der Waals surface area contributed by atoms with Gasteiger partial charge in [-0.25, -0.2) is 4.79 Å². The zero-order valence-electron chi connectivity index (χ0n) is 10.4. The summed E-state index contributed by atoms with van der Waals surface area (Å²) in [6.07, 6.45) is 4.30. The molecule has 0 bridgehead atoms. The van der Waals surface area contributed by atoms with Gasteiger partial charge in [-0.3, -0.25) is 4.79 Å². The fourth-order valence-electron chi connectivity index (χ4n) is 2.63. The molecule has 2 unspecified atom stereocenters. The van der Waals surface area contributed by atoms with Crippen molar-refractivity contribution in [2.24, 2.45) is 11.3 Å². The maximum Gasteiger partial charge on any atom is 0.331 e. The van der Waals surface area contributed by atoms with Gasteiger partial charge in [0.15, 0.2) is 0 Å². The van der Waals surface area contributed by atoms with Gasteiger partial charge in [-0.2, -0.15) is 0 Å². The summed E-state index contributed by atoms with van der Waals surface area (Å²) in [6, 6.07) is 0. The molecule has 0 aromatic carbocycles. The summed E-state index contributed by atoms with van der Waals surface area (Å²) in [6.45, 7) is 5.33. The van der Waals surface area contributed by atoms with Crippen molar-refractivity contribution in [2.75, 3.05) is 0 Å². The van der Waals surface area contributed by atoms with Crippen LogP contribution < -0.4 is 0 Å². The molecule has 17 heavy (non-hydrogen) atoms. The van der Waals surface area contributed by atoms with Gasteiger partial charge >= 0.3 is 11.9 Å². The van der Waals surface area contributed by atoms with Gasteiger partial charge in [-0.15, -0.1) is 0 Å². The lowest BCUT2D eigenvalue weighted by Crippen LogP contribution is -2.41. The van der Waals surface area contributed by atoms with Crippen LogP contribution in [0.5, 0.6) is 0 Å². The van der Waals surface area contributed by atoms with E-state index in [0.717, 1.165) is 5.57 Å². The SMILES string of the molecule is CCC1=CC=C(C(=O)O)C(CC)C1(C)C(=O)O. The lowest BCUT2D eigenvalue weighted by atomic mass is 9.64. The van der Waals surface area contributed by atoms with Crippen LogP contribution in [0.1, 0.15) is 33.6 Å². The first kappa shape index (κ1) is 13.5. The van der Waals surface area contributed by atoms with Crippen LogP contribution in [-0.4, -0.2) is 22.2 Å². The zero-order chi connectivity index (χ0) is 13.2. The van der Waals surface area contributed by atoms with E-state index in [2.05, 4.69) is 0 Å². The Morgan fingerprint density at radius 3 is 2.24 bits per heavy atom. The maximum absolute atomic E-state index is 11.5. The lowest BCUT2D eigenvalue weighted by Gasteiger charge is -2.38. The van der Waals surface area contributed by atoms with Crippen molar-refractivity contribution < 1.29 is 19.8 Å². The number of allylic oxidation sites excluding steroid dienone is 2. The fourth-order valence-corrected chi connectivity index (χ4v) is 2.63. The summed E-state index contributed by atoms with van der Waals surface area (Å²) in [4.78, 5) is 22.7. The minimum absolute atomic E-state index is 0.189. The number of aliphatic carboxylic acids is 2. The molecule has 0 radical (unpaired) electrons. The van der Waals surface area contributed by atoms with Gasteiger partial charge in [0.05, 0.1) is 5.41 Å². The molecule has 0 saturated carbocycles. The molecule has 1 rings (SSSR count). The summed E-state index contributed by atoms with van der Waals surface area (Å²) in [7, 11) is 0. The first-order valence-electron chi connectivity index (χ1n) is 5.77. The van der Waals surface area contributed by atoms with Crippen LogP contribution >= 0.6 is 0 Å². The Bertz CT molecular complexity index is 406. The molecule has 4 nitrogen and oxygen atoms in total. The van der Waals surface area contributed by atoms with Gasteiger partial charge in [-0.1, -0.05) is 31.6 Å². The average molecular weight is 238 g/mol. The second-order valence-electron chi connectivity index (χ2n) is 4.44. The van der Waals surface area contributed by atoms with Crippen molar-refractivity contribution in [3.8, 4) is 0 Å². The molecule has 2 N–H and O–H groups in total. The van der Waals surface area contributed by atoms with E-state index in [9.17, 15) is 14.7 Å². The smallest absolute Gasteiger partial charge is 0.331 e. The Morgan fingerprint density at radius 2 is 1.88 bits per heavy atom. The summed E-state index contributed by atoms with van der Waals surface area (Å²) < 4.78 is 0. The van der Waals surface area contributed by atoms with E-state index in [4.69, 9.17) is 5.11 Å². The molecular weight excluding hydrogens is 220 g/mol. The van der Waals surface area contributed by atoms with Gasteiger partial charge < -0.3 is 10.2 Å². The number of carboxylic acids is 2. The van der Waals surface area contributed by atoms with Crippen molar-refractivity contribution in [1.29, 1.82) is 0 Å². The van der Waals surface area contributed by atoms with Gasteiger partial charge in [-0.05, 0) is 19.8 Å². The Kier molecular flexibility index (Phi) is 3.76. The predicted molar refractivity (Wildman–Crippen MR) is 63.6 cm³/mol. The highest BCUT2D eigenvalue weighted by atomic mass is 16.4. The largest absolute Gasteiger partial charge is 0.481 e. The van der Waals surface area contributed by atoms with E-state index in [1.807, 2.05) is 13.8 Å². The topological polar surface area (TPSA) is 74.6 Å². The summed E-state index contributed by atoms with van der Waals surface area (Å²) in [5, 5.41) is 18.6. The molecule has 0 amide bonds. The minimum atomic E-state index is -1.11. The molecule has 0 aromatic rings. The van der Waals surface area contributed by atoms with Crippen molar-refractivity contribution in [2.45, 2.75) is 33.6 Å². The van der Waals surface area contributed by atoms with E-state index >= 15 is 0 Å². The van der Waals surface area contributed by atoms with Gasteiger partial charge in [0.2, 0.25) is 0 Å². The van der Waals surface area contributed by atoms with Crippen LogP contribution in [0.4, 0.5) is 0 Å². The zero-order valence-corrected chi connectivity index (χ0v) is 10.4. The second-order valence-corrected chi connectivity index (χ2v) is 4.44. The molecule has 2 atom stereocenters. The molecular formula is C13H18O4. The molecule has 0 heterocycles. The maximum atomic E-state index is 11.5. The number of carboxylic acid groups (broad SMARTS) is 2. The average Bonchev–Trinajstić information content (AvgIpc) is 2.27. The molecule has 0 aromatic heterocycles. The van der Waals surface area contributed by atoms with Crippen LogP contribution in [0.3, 0.4) is 0 Å². The van der Waals surface area contributed by atoms with Crippen LogP contribution in [0.2, 0.25) is 0 Å². The summed E-state index contributed by atoms with van der Waals surface area (Å²) in [5.74, 6) is -2.46. The molecule has 0 aliphatic heterocycles. The second kappa shape index (κ2) is 4.73. The van der Waals surface area contributed by atoms with E-state index < -0.39 is 23.3 Å². The molecule has 4 heteroatoms. The Balaban J connectivity index is 3.37. The highest BCUT2D eigenvalue weighted by molar-refractivity contribution is 5.91. The monoisotopic (exact) mass is 238 g/mol. The van der Waals surface area contributed by atoms with Crippen LogP contribution in [0.25, 0.3) is 0 Å². The normalized spacial score (nSPS) is 28.3. The van der Waals surface area contributed by atoms with E-state index in [1.165, 1.54) is 0 Å². The third kappa shape index (κ3) is 1.99. The molecule has 94 valence electrons. The Labute approximate surface area is 101 Å². The Morgan fingerprint density at radius 1 is 1.29 bits per heavy atom. The van der Waals surface area contributed by atoms with Crippen LogP contribution in [-0.2, 0) is 9.59 Å². The van der Waals surface area contributed by atoms with Crippen LogP contribution in [0.15, 0.2) is 23.3 Å². The van der Waals surface area contributed by atoms with E-state index in [0.29, 0.717) is 12.8 Å². The first-order valence-corrected chi connectivity index (χ1v) is 5.77.